The smallest absolute Gasteiger partial charge is 0.308 e. The zero-order valence-corrected chi connectivity index (χ0v) is 14.2. The van der Waals surface area contributed by atoms with Gasteiger partial charge in [0.1, 0.15) is 11.4 Å². The Morgan fingerprint density at radius 2 is 2.00 bits per heavy atom. The number of fused-ring (bicyclic) bond motifs is 3. The first-order valence-electron chi connectivity index (χ1n) is 8.53. The van der Waals surface area contributed by atoms with E-state index in [-0.39, 0.29) is 28.5 Å². The van der Waals surface area contributed by atoms with Crippen molar-refractivity contribution in [2.75, 3.05) is 5.32 Å². The molecule has 132 valence electrons. The third-order valence-electron chi connectivity index (χ3n) is 5.07. The van der Waals surface area contributed by atoms with Crippen LogP contribution in [0, 0.1) is 16.0 Å². The zero-order valence-electron chi connectivity index (χ0n) is 14.2. The number of ether oxygens (including phenoxy) is 1. The monoisotopic (exact) mass is 350 g/mol. The number of allylic oxidation sites excluding steroid dienone is 2. The van der Waals surface area contributed by atoms with E-state index in [4.69, 9.17) is 4.74 Å². The van der Waals surface area contributed by atoms with Gasteiger partial charge < -0.3 is 10.1 Å². The van der Waals surface area contributed by atoms with Crippen molar-refractivity contribution in [3.63, 3.8) is 0 Å². The lowest BCUT2D eigenvalue weighted by Crippen LogP contribution is -2.29. The number of rotatable bonds is 3. The lowest BCUT2D eigenvalue weighted by atomic mass is 9.77. The summed E-state index contributed by atoms with van der Waals surface area (Å²) in [6, 6.07) is 12.5. The first kappa shape index (κ1) is 16.3. The van der Waals surface area contributed by atoms with Crippen LogP contribution < -0.4 is 10.1 Å². The van der Waals surface area contributed by atoms with E-state index in [0.29, 0.717) is 17.4 Å². The van der Waals surface area contributed by atoms with Crippen LogP contribution in [0.3, 0.4) is 0 Å². The summed E-state index contributed by atoms with van der Waals surface area (Å²) in [6.07, 6.45) is 5.20. The quantitative estimate of drug-likeness (QED) is 0.293. The standard InChI is InChI=1S/C20H18N2O4/c1-12(23)26-14-10-8-13(9-11-14)19-16-5-2-4-15(16)17-6-3-7-18(22(24)25)20(17)21-19/h2-4,6-11,15-16,19,21H,5H2,1H3/t15-,16-,19+/m0/s1. The van der Waals surface area contributed by atoms with Crippen molar-refractivity contribution in [2.45, 2.75) is 25.3 Å². The number of nitro groups is 1. The molecular weight excluding hydrogens is 332 g/mol. The molecule has 0 bridgehead atoms. The fourth-order valence-electron chi connectivity index (χ4n) is 4.00. The van der Waals surface area contributed by atoms with Gasteiger partial charge in [0.2, 0.25) is 0 Å². The first-order chi connectivity index (χ1) is 12.5. The highest BCUT2D eigenvalue weighted by Gasteiger charge is 2.40. The minimum Gasteiger partial charge on any atom is -0.427 e. The topological polar surface area (TPSA) is 81.5 Å². The Balaban J connectivity index is 1.72. The first-order valence-corrected chi connectivity index (χ1v) is 8.53. The van der Waals surface area contributed by atoms with Crippen LogP contribution in [0.25, 0.3) is 0 Å². The Bertz CT molecular complexity index is 905. The Morgan fingerprint density at radius 3 is 2.69 bits per heavy atom. The van der Waals surface area contributed by atoms with Gasteiger partial charge in [-0.3, -0.25) is 14.9 Å². The number of para-hydroxylation sites is 1. The van der Waals surface area contributed by atoms with E-state index < -0.39 is 0 Å². The normalized spacial score (nSPS) is 22.9. The molecule has 2 aliphatic rings. The van der Waals surface area contributed by atoms with Gasteiger partial charge in [-0.05, 0) is 35.6 Å². The van der Waals surface area contributed by atoms with E-state index in [1.54, 1.807) is 18.2 Å². The van der Waals surface area contributed by atoms with Gasteiger partial charge >= 0.3 is 5.97 Å². The molecule has 0 fully saturated rings. The second kappa shape index (κ2) is 6.29. The second-order valence-electron chi connectivity index (χ2n) is 6.64. The molecule has 0 spiro atoms. The fraction of sp³-hybridized carbons (Fsp3) is 0.250. The Hall–Kier alpha value is -3.15. The molecule has 0 aromatic heterocycles. The highest BCUT2D eigenvalue weighted by atomic mass is 16.6. The van der Waals surface area contributed by atoms with Gasteiger partial charge in [-0.25, -0.2) is 0 Å². The summed E-state index contributed by atoms with van der Waals surface area (Å²) < 4.78 is 5.09. The van der Waals surface area contributed by atoms with Crippen molar-refractivity contribution in [3.05, 3.63) is 75.9 Å². The van der Waals surface area contributed by atoms with Gasteiger partial charge in [0, 0.05) is 18.9 Å². The summed E-state index contributed by atoms with van der Waals surface area (Å²) >= 11 is 0. The number of nitrogens with one attached hydrogen (secondary N) is 1. The summed E-state index contributed by atoms with van der Waals surface area (Å²) in [7, 11) is 0. The number of carbonyl (C=O) groups excluding carboxylic acids is 1. The Labute approximate surface area is 150 Å². The van der Waals surface area contributed by atoms with Gasteiger partial charge in [0.05, 0.1) is 11.0 Å². The van der Waals surface area contributed by atoms with Crippen LogP contribution in [-0.2, 0) is 4.79 Å². The van der Waals surface area contributed by atoms with Gasteiger partial charge in [-0.15, -0.1) is 0 Å². The van der Waals surface area contributed by atoms with E-state index in [9.17, 15) is 14.9 Å². The van der Waals surface area contributed by atoms with Crippen LogP contribution >= 0.6 is 0 Å². The molecule has 0 saturated carbocycles. The Morgan fingerprint density at radius 1 is 1.23 bits per heavy atom. The van der Waals surface area contributed by atoms with E-state index in [1.807, 2.05) is 18.2 Å². The molecule has 0 radical (unpaired) electrons. The average molecular weight is 350 g/mol. The molecule has 0 saturated heterocycles. The van der Waals surface area contributed by atoms with Crippen LogP contribution in [0.15, 0.2) is 54.6 Å². The minimum absolute atomic E-state index is 0.0463. The molecule has 1 N–H and O–H groups in total. The molecule has 4 rings (SSSR count). The van der Waals surface area contributed by atoms with Crippen molar-refractivity contribution >= 4 is 17.3 Å². The summed E-state index contributed by atoms with van der Waals surface area (Å²) in [6.45, 7) is 1.36. The maximum atomic E-state index is 11.5. The fourth-order valence-corrected chi connectivity index (χ4v) is 4.00. The van der Waals surface area contributed by atoms with E-state index >= 15 is 0 Å². The number of hydrogen-bond donors (Lipinski definition) is 1. The third-order valence-corrected chi connectivity index (χ3v) is 5.07. The maximum absolute atomic E-state index is 11.5. The molecule has 1 heterocycles. The number of anilines is 1. The second-order valence-corrected chi connectivity index (χ2v) is 6.64. The number of hydrogen-bond acceptors (Lipinski definition) is 5. The van der Waals surface area contributed by atoms with Crippen molar-refractivity contribution in [1.82, 2.24) is 0 Å². The maximum Gasteiger partial charge on any atom is 0.308 e. The molecule has 26 heavy (non-hydrogen) atoms. The molecule has 0 unspecified atom stereocenters. The van der Waals surface area contributed by atoms with Crippen LogP contribution in [-0.4, -0.2) is 10.9 Å². The van der Waals surface area contributed by atoms with Gasteiger partial charge in [0.25, 0.3) is 5.69 Å². The average Bonchev–Trinajstić information content (AvgIpc) is 3.10. The number of nitrogens with zero attached hydrogens (tertiary/aromatic N) is 1. The van der Waals surface area contributed by atoms with E-state index in [0.717, 1.165) is 17.5 Å². The van der Waals surface area contributed by atoms with Crippen molar-refractivity contribution in [1.29, 1.82) is 0 Å². The number of benzene rings is 2. The highest BCUT2D eigenvalue weighted by Crippen LogP contribution is 2.52. The predicted molar refractivity (Wildman–Crippen MR) is 97.2 cm³/mol. The summed E-state index contributed by atoms with van der Waals surface area (Å²) in [4.78, 5) is 22.2. The largest absolute Gasteiger partial charge is 0.427 e. The van der Waals surface area contributed by atoms with Crippen LogP contribution in [0.1, 0.15) is 36.4 Å². The number of nitro benzene ring substituents is 1. The van der Waals surface area contributed by atoms with Crippen LogP contribution in [0.2, 0.25) is 0 Å². The van der Waals surface area contributed by atoms with Crippen molar-refractivity contribution in [2.24, 2.45) is 5.92 Å². The summed E-state index contributed by atoms with van der Waals surface area (Å²) in [5.41, 5.74) is 2.69. The van der Waals surface area contributed by atoms with Crippen LogP contribution in [0.4, 0.5) is 11.4 Å². The molecule has 2 aromatic rings. The summed E-state index contributed by atoms with van der Waals surface area (Å²) in [5, 5.41) is 14.9. The van der Waals surface area contributed by atoms with E-state index in [1.165, 1.54) is 13.0 Å². The van der Waals surface area contributed by atoms with Crippen LogP contribution in [0.5, 0.6) is 5.75 Å². The minimum atomic E-state index is -0.363. The van der Waals surface area contributed by atoms with Gasteiger partial charge in [-0.2, -0.15) is 0 Å². The Kier molecular flexibility index (Phi) is 3.95. The molecule has 0 amide bonds. The van der Waals surface area contributed by atoms with Gasteiger partial charge in [0.15, 0.2) is 0 Å². The number of esters is 1. The third kappa shape index (κ3) is 2.73. The molecule has 1 aliphatic heterocycles. The lowest BCUT2D eigenvalue weighted by molar-refractivity contribution is -0.384. The van der Waals surface area contributed by atoms with Crippen molar-refractivity contribution in [3.8, 4) is 5.75 Å². The highest BCUT2D eigenvalue weighted by molar-refractivity contribution is 5.71. The molecular formula is C20H18N2O4. The lowest BCUT2D eigenvalue weighted by Gasteiger charge is -2.37. The molecule has 3 atom stereocenters. The molecule has 1 aliphatic carbocycles. The van der Waals surface area contributed by atoms with Gasteiger partial charge in [-0.1, -0.05) is 36.4 Å². The van der Waals surface area contributed by atoms with E-state index in [2.05, 4.69) is 17.5 Å². The number of carbonyl (C=O) groups is 1. The SMILES string of the molecule is CC(=O)Oc1ccc([C@H]2Nc3c(cccc3[N+](=O)[O-])[C@H]3C=CC[C@@H]32)cc1. The summed E-state index contributed by atoms with van der Waals surface area (Å²) in [5.74, 6) is 0.580. The predicted octanol–water partition coefficient (Wildman–Crippen LogP) is 4.35. The molecule has 6 nitrogen and oxygen atoms in total. The molecule has 6 heteroatoms. The molecule has 2 aromatic carbocycles. The zero-order chi connectivity index (χ0) is 18.3. The van der Waals surface area contributed by atoms with Crippen molar-refractivity contribution < 1.29 is 14.5 Å².